The van der Waals surface area contributed by atoms with E-state index in [2.05, 4.69) is 11.8 Å². The van der Waals surface area contributed by atoms with Crippen molar-refractivity contribution >= 4 is 21.4 Å². The normalized spacial score (nSPS) is 20.2. The number of benzene rings is 1. The van der Waals surface area contributed by atoms with Crippen LogP contribution >= 0.6 is 11.3 Å². The lowest BCUT2D eigenvalue weighted by atomic mass is 10.1. The number of morpholine rings is 1. The molecule has 21 heavy (non-hydrogen) atoms. The summed E-state index contributed by atoms with van der Waals surface area (Å²) in [6, 6.07) is 5.27. The Morgan fingerprint density at radius 2 is 2.33 bits per heavy atom. The van der Waals surface area contributed by atoms with Gasteiger partial charge in [0.2, 0.25) is 0 Å². The molecule has 3 nitrogen and oxygen atoms in total. The van der Waals surface area contributed by atoms with Gasteiger partial charge in [-0.05, 0) is 24.1 Å². The molecule has 0 saturated carbocycles. The molecule has 1 unspecified atom stereocenters. The second kappa shape index (κ2) is 6.40. The van der Waals surface area contributed by atoms with E-state index in [9.17, 15) is 4.39 Å². The van der Waals surface area contributed by atoms with Crippen molar-refractivity contribution in [1.29, 1.82) is 0 Å². The first-order valence-corrected chi connectivity index (χ1v) is 8.27. The Morgan fingerprint density at radius 3 is 3.10 bits per heavy atom. The molecule has 0 amide bonds. The number of hydrogen-bond acceptors (Lipinski definition) is 4. The van der Waals surface area contributed by atoms with Gasteiger partial charge in [-0.1, -0.05) is 13.0 Å². The molecule has 1 aromatic heterocycles. The summed E-state index contributed by atoms with van der Waals surface area (Å²) in [5.74, 6) is -0.140. The van der Waals surface area contributed by atoms with E-state index < -0.39 is 0 Å². The van der Waals surface area contributed by atoms with Gasteiger partial charge in [0.1, 0.15) is 5.82 Å². The van der Waals surface area contributed by atoms with Crippen LogP contribution in [0.15, 0.2) is 18.2 Å². The van der Waals surface area contributed by atoms with Crippen LogP contribution in [0.5, 0.6) is 0 Å². The van der Waals surface area contributed by atoms with Crippen LogP contribution in [0.2, 0.25) is 0 Å². The molecule has 2 N–H and O–H groups in total. The third-order valence-corrected chi connectivity index (χ3v) is 5.31. The Bertz CT molecular complexity index is 628. The molecule has 0 radical (unpaired) electrons. The van der Waals surface area contributed by atoms with Gasteiger partial charge in [0.25, 0.3) is 0 Å². The fourth-order valence-electron chi connectivity index (χ4n) is 2.94. The fourth-order valence-corrected chi connectivity index (χ4v) is 4.05. The highest BCUT2D eigenvalue weighted by molar-refractivity contribution is 7.19. The van der Waals surface area contributed by atoms with E-state index in [-0.39, 0.29) is 11.9 Å². The fraction of sp³-hybridized carbons (Fsp3) is 0.500. The summed E-state index contributed by atoms with van der Waals surface area (Å²) in [6.45, 7) is 5.92. The number of nitrogens with zero attached hydrogens (tertiary/aromatic N) is 1. The van der Waals surface area contributed by atoms with Crippen LogP contribution in [0, 0.1) is 5.82 Å². The molecule has 1 aliphatic heterocycles. The minimum atomic E-state index is -0.140. The summed E-state index contributed by atoms with van der Waals surface area (Å²) in [5, 5.41) is 0.752. The highest BCUT2D eigenvalue weighted by Gasteiger charge is 2.22. The van der Waals surface area contributed by atoms with Crippen LogP contribution in [0.4, 0.5) is 4.39 Å². The predicted molar refractivity (Wildman–Crippen MR) is 85.0 cm³/mol. The summed E-state index contributed by atoms with van der Waals surface area (Å²) in [5.41, 5.74) is 6.93. The van der Waals surface area contributed by atoms with Gasteiger partial charge >= 0.3 is 0 Å². The van der Waals surface area contributed by atoms with E-state index in [1.54, 1.807) is 17.4 Å². The minimum absolute atomic E-state index is 0.140. The lowest BCUT2D eigenvalue weighted by Gasteiger charge is -2.32. The number of nitrogens with two attached hydrogens (primary N) is 1. The lowest BCUT2D eigenvalue weighted by Crippen LogP contribution is -2.41. The van der Waals surface area contributed by atoms with Gasteiger partial charge in [0, 0.05) is 41.1 Å². The zero-order valence-corrected chi connectivity index (χ0v) is 13.1. The second-order valence-corrected chi connectivity index (χ2v) is 6.59. The summed E-state index contributed by atoms with van der Waals surface area (Å²) in [7, 11) is 0. The van der Waals surface area contributed by atoms with Crippen molar-refractivity contribution in [3.05, 3.63) is 34.5 Å². The Morgan fingerprint density at radius 1 is 1.48 bits per heavy atom. The number of halogens is 1. The van der Waals surface area contributed by atoms with E-state index in [0.717, 1.165) is 53.2 Å². The van der Waals surface area contributed by atoms with Crippen LogP contribution in [-0.2, 0) is 17.8 Å². The molecule has 5 heteroatoms. The Kier molecular flexibility index (Phi) is 4.54. The zero-order chi connectivity index (χ0) is 14.8. The molecule has 1 saturated heterocycles. The molecule has 114 valence electrons. The average molecular weight is 308 g/mol. The van der Waals surface area contributed by atoms with Crippen LogP contribution < -0.4 is 5.73 Å². The summed E-state index contributed by atoms with van der Waals surface area (Å²) >= 11 is 1.61. The maximum atomic E-state index is 14.2. The van der Waals surface area contributed by atoms with Crippen molar-refractivity contribution < 1.29 is 9.13 Å². The molecular weight excluding hydrogens is 287 g/mol. The first kappa shape index (κ1) is 14.9. The monoisotopic (exact) mass is 308 g/mol. The summed E-state index contributed by atoms with van der Waals surface area (Å²) in [6.07, 6.45) is 1.30. The van der Waals surface area contributed by atoms with Gasteiger partial charge in [-0.3, -0.25) is 4.90 Å². The van der Waals surface area contributed by atoms with Crippen LogP contribution in [-0.4, -0.2) is 30.7 Å². The molecule has 1 fully saturated rings. The van der Waals surface area contributed by atoms with Crippen molar-refractivity contribution in [3.63, 3.8) is 0 Å². The average Bonchev–Trinajstić information content (AvgIpc) is 2.86. The molecule has 1 atom stereocenters. The highest BCUT2D eigenvalue weighted by atomic mass is 32.1. The van der Waals surface area contributed by atoms with Gasteiger partial charge < -0.3 is 10.5 Å². The van der Waals surface area contributed by atoms with Crippen molar-refractivity contribution in [3.8, 4) is 0 Å². The molecule has 1 aromatic carbocycles. The molecule has 0 aliphatic carbocycles. The van der Waals surface area contributed by atoms with Crippen molar-refractivity contribution in [2.45, 2.75) is 32.5 Å². The van der Waals surface area contributed by atoms with Gasteiger partial charge in [0.15, 0.2) is 0 Å². The summed E-state index contributed by atoms with van der Waals surface area (Å²) in [4.78, 5) is 3.44. The Hall–Kier alpha value is -1.01. The first-order chi connectivity index (χ1) is 10.2. The number of thiophene rings is 1. The van der Waals surface area contributed by atoms with Crippen molar-refractivity contribution in [2.24, 2.45) is 5.73 Å². The second-order valence-electron chi connectivity index (χ2n) is 5.46. The van der Waals surface area contributed by atoms with Crippen molar-refractivity contribution in [1.82, 2.24) is 4.90 Å². The molecule has 2 aromatic rings. The maximum Gasteiger partial charge on any atom is 0.132 e. The van der Waals surface area contributed by atoms with E-state index in [1.165, 1.54) is 6.07 Å². The predicted octanol–water partition coefficient (Wildman–Crippen LogP) is 3.11. The van der Waals surface area contributed by atoms with E-state index in [1.807, 2.05) is 6.07 Å². The number of hydrogen-bond donors (Lipinski definition) is 1. The number of rotatable bonds is 4. The molecule has 1 aliphatic rings. The molecular formula is C16H21FN2OS. The highest BCUT2D eigenvalue weighted by Crippen LogP contribution is 2.34. The molecule has 0 spiro atoms. The van der Waals surface area contributed by atoms with Crippen LogP contribution in [0.1, 0.15) is 23.8 Å². The quantitative estimate of drug-likeness (QED) is 0.943. The third-order valence-electron chi connectivity index (χ3n) is 4.09. The van der Waals surface area contributed by atoms with Gasteiger partial charge in [0.05, 0.1) is 12.7 Å². The van der Waals surface area contributed by atoms with Gasteiger partial charge in [-0.2, -0.15) is 0 Å². The molecule has 0 bridgehead atoms. The molecule has 2 heterocycles. The summed E-state index contributed by atoms with van der Waals surface area (Å²) < 4.78 is 20.9. The minimum Gasteiger partial charge on any atom is -0.376 e. The van der Waals surface area contributed by atoms with Crippen molar-refractivity contribution in [2.75, 3.05) is 19.7 Å². The van der Waals surface area contributed by atoms with Crippen LogP contribution in [0.25, 0.3) is 10.1 Å². The topological polar surface area (TPSA) is 38.5 Å². The smallest absolute Gasteiger partial charge is 0.132 e. The Balaban J connectivity index is 1.92. The van der Waals surface area contributed by atoms with E-state index in [0.29, 0.717) is 6.54 Å². The van der Waals surface area contributed by atoms with E-state index >= 15 is 0 Å². The van der Waals surface area contributed by atoms with Crippen LogP contribution in [0.3, 0.4) is 0 Å². The molecule has 3 rings (SSSR count). The van der Waals surface area contributed by atoms with Gasteiger partial charge in [-0.15, -0.1) is 11.3 Å². The Labute approximate surface area is 128 Å². The SMILES string of the molecule is CCC1CN(Cc2c(CN)sc3cccc(F)c23)CCO1. The zero-order valence-electron chi connectivity index (χ0n) is 12.3. The largest absolute Gasteiger partial charge is 0.376 e. The maximum absolute atomic E-state index is 14.2. The lowest BCUT2D eigenvalue weighted by molar-refractivity contribution is -0.0323. The number of fused-ring (bicyclic) bond motifs is 1. The van der Waals surface area contributed by atoms with Gasteiger partial charge in [-0.25, -0.2) is 4.39 Å². The standard InChI is InChI=1S/C16H21FN2OS/c1-2-11-9-19(6-7-20-11)10-12-15(8-18)21-14-5-3-4-13(17)16(12)14/h3-5,11H,2,6-10,18H2,1H3. The first-order valence-electron chi connectivity index (χ1n) is 7.45. The number of ether oxygens (including phenoxy) is 1. The van der Waals surface area contributed by atoms with E-state index in [4.69, 9.17) is 10.5 Å². The third kappa shape index (κ3) is 2.97.